The van der Waals surface area contributed by atoms with E-state index >= 15 is 0 Å². The third kappa shape index (κ3) is 1.96. The van der Waals surface area contributed by atoms with Crippen molar-refractivity contribution in [1.29, 1.82) is 5.26 Å². The smallest absolute Gasteiger partial charge is 0.410 e. The van der Waals surface area contributed by atoms with Crippen LogP contribution in [0.1, 0.15) is 6.92 Å². The van der Waals surface area contributed by atoms with Crippen molar-refractivity contribution in [2.75, 3.05) is 19.7 Å². The molecule has 5 heteroatoms. The van der Waals surface area contributed by atoms with Crippen LogP contribution in [-0.2, 0) is 9.53 Å². The van der Waals surface area contributed by atoms with Crippen molar-refractivity contribution in [2.24, 2.45) is 5.92 Å². The van der Waals surface area contributed by atoms with Gasteiger partial charge in [0, 0.05) is 6.54 Å². The zero-order valence-corrected chi connectivity index (χ0v) is 7.32. The molecule has 1 heterocycles. The van der Waals surface area contributed by atoms with Crippen LogP contribution in [0.4, 0.5) is 4.79 Å². The molecule has 0 aromatic carbocycles. The summed E-state index contributed by atoms with van der Waals surface area (Å²) in [5, 5.41) is 8.52. The molecular formula is C8H10N2O3. The van der Waals surface area contributed by atoms with E-state index in [9.17, 15) is 9.59 Å². The molecule has 1 aliphatic heterocycles. The summed E-state index contributed by atoms with van der Waals surface area (Å²) in [5.74, 6) is -0.889. The maximum absolute atomic E-state index is 11.1. The number of likely N-dealkylation sites (tertiary alicyclic amines) is 1. The van der Waals surface area contributed by atoms with Gasteiger partial charge in [0.25, 0.3) is 0 Å². The van der Waals surface area contributed by atoms with E-state index in [2.05, 4.69) is 0 Å². The van der Waals surface area contributed by atoms with Crippen molar-refractivity contribution in [1.82, 2.24) is 4.90 Å². The molecule has 0 radical (unpaired) electrons. The van der Waals surface area contributed by atoms with Gasteiger partial charge in [-0.25, -0.2) is 4.79 Å². The van der Waals surface area contributed by atoms with E-state index in [4.69, 9.17) is 10.00 Å². The Hall–Kier alpha value is -1.57. The number of carbonyl (C=O) groups is 2. The predicted octanol–water partition coefficient (Wildman–Crippen LogP) is 0.167. The molecule has 1 aliphatic rings. The SMILES string of the molecule is CCOC(=O)N1CC(=O)C(C#N)C1. The topological polar surface area (TPSA) is 70.4 Å². The largest absolute Gasteiger partial charge is 0.450 e. The quantitative estimate of drug-likeness (QED) is 0.579. The Morgan fingerprint density at radius 1 is 1.85 bits per heavy atom. The molecule has 1 fully saturated rings. The molecule has 0 spiro atoms. The summed E-state index contributed by atoms with van der Waals surface area (Å²) < 4.78 is 4.69. The van der Waals surface area contributed by atoms with Crippen LogP contribution in [0.15, 0.2) is 0 Å². The van der Waals surface area contributed by atoms with Crippen LogP contribution in [0.25, 0.3) is 0 Å². The van der Waals surface area contributed by atoms with E-state index in [0.29, 0.717) is 0 Å². The number of ketones is 1. The fourth-order valence-electron chi connectivity index (χ4n) is 1.15. The van der Waals surface area contributed by atoms with Crippen LogP contribution in [0.5, 0.6) is 0 Å². The zero-order chi connectivity index (χ0) is 9.84. The Kier molecular flexibility index (Phi) is 2.85. The van der Waals surface area contributed by atoms with Crippen molar-refractivity contribution < 1.29 is 14.3 Å². The Morgan fingerprint density at radius 2 is 2.54 bits per heavy atom. The van der Waals surface area contributed by atoms with Gasteiger partial charge in [-0.15, -0.1) is 0 Å². The Labute approximate surface area is 75.9 Å². The fourth-order valence-corrected chi connectivity index (χ4v) is 1.15. The maximum Gasteiger partial charge on any atom is 0.410 e. The van der Waals surface area contributed by atoms with Gasteiger partial charge in [0.15, 0.2) is 5.78 Å². The number of carbonyl (C=O) groups excluding carboxylic acids is 2. The molecule has 0 aromatic heterocycles. The van der Waals surface area contributed by atoms with Gasteiger partial charge >= 0.3 is 6.09 Å². The number of nitriles is 1. The number of hydrogen-bond donors (Lipinski definition) is 0. The van der Waals surface area contributed by atoms with E-state index in [1.54, 1.807) is 6.92 Å². The molecule has 0 bridgehead atoms. The minimum absolute atomic E-state index is 0.00292. The lowest BCUT2D eigenvalue weighted by Gasteiger charge is -2.12. The van der Waals surface area contributed by atoms with Gasteiger partial charge in [-0.1, -0.05) is 0 Å². The zero-order valence-electron chi connectivity index (χ0n) is 7.32. The average molecular weight is 182 g/mol. The lowest BCUT2D eigenvalue weighted by molar-refractivity contribution is -0.118. The van der Waals surface area contributed by atoms with E-state index in [1.165, 1.54) is 4.90 Å². The summed E-state index contributed by atoms with van der Waals surface area (Å²) >= 11 is 0. The molecule has 0 N–H and O–H groups in total. The highest BCUT2D eigenvalue weighted by Crippen LogP contribution is 2.12. The van der Waals surface area contributed by atoms with Crippen LogP contribution in [-0.4, -0.2) is 36.5 Å². The lowest BCUT2D eigenvalue weighted by Crippen LogP contribution is -2.29. The van der Waals surface area contributed by atoms with Crippen molar-refractivity contribution >= 4 is 11.9 Å². The first-order valence-corrected chi connectivity index (χ1v) is 4.03. The first kappa shape index (κ1) is 9.52. The second kappa shape index (κ2) is 3.90. The van der Waals surface area contributed by atoms with E-state index in [0.717, 1.165) is 0 Å². The lowest BCUT2D eigenvalue weighted by atomic mass is 10.1. The highest BCUT2D eigenvalue weighted by Gasteiger charge is 2.34. The third-order valence-electron chi connectivity index (χ3n) is 1.82. The summed E-state index contributed by atoms with van der Waals surface area (Å²) in [6.07, 6.45) is -0.520. The van der Waals surface area contributed by atoms with Gasteiger partial charge in [-0.3, -0.25) is 9.69 Å². The second-order valence-electron chi connectivity index (χ2n) is 2.73. The summed E-state index contributed by atoms with van der Waals surface area (Å²) in [6.45, 7) is 2.13. The van der Waals surface area contributed by atoms with Gasteiger partial charge in [-0.2, -0.15) is 5.26 Å². The Balaban J connectivity index is 2.54. The minimum atomic E-state index is -0.676. The molecule has 1 saturated heterocycles. The summed E-state index contributed by atoms with van der Waals surface area (Å²) in [4.78, 5) is 23.4. The van der Waals surface area contributed by atoms with E-state index in [-0.39, 0.29) is 25.5 Å². The van der Waals surface area contributed by atoms with Crippen molar-refractivity contribution in [3.63, 3.8) is 0 Å². The fraction of sp³-hybridized carbons (Fsp3) is 0.625. The highest BCUT2D eigenvalue weighted by molar-refractivity contribution is 5.91. The van der Waals surface area contributed by atoms with Crippen molar-refractivity contribution in [2.45, 2.75) is 6.92 Å². The van der Waals surface area contributed by atoms with Crippen LogP contribution in [0.2, 0.25) is 0 Å². The number of hydrogen-bond acceptors (Lipinski definition) is 4. The number of nitrogens with zero attached hydrogens (tertiary/aromatic N) is 2. The average Bonchev–Trinajstić information content (AvgIpc) is 2.47. The molecule has 1 amide bonds. The Bertz CT molecular complexity index is 269. The normalized spacial score (nSPS) is 21.4. The number of amides is 1. The minimum Gasteiger partial charge on any atom is -0.450 e. The van der Waals surface area contributed by atoms with Gasteiger partial charge in [0.05, 0.1) is 19.2 Å². The molecule has 1 rings (SSSR count). The van der Waals surface area contributed by atoms with Crippen LogP contribution >= 0.6 is 0 Å². The highest BCUT2D eigenvalue weighted by atomic mass is 16.6. The monoisotopic (exact) mass is 182 g/mol. The molecule has 5 nitrogen and oxygen atoms in total. The van der Waals surface area contributed by atoms with Gasteiger partial charge in [0.1, 0.15) is 5.92 Å². The molecular weight excluding hydrogens is 172 g/mol. The summed E-state index contributed by atoms with van der Waals surface area (Å²) in [6, 6.07) is 1.84. The van der Waals surface area contributed by atoms with E-state index < -0.39 is 12.0 Å². The summed E-state index contributed by atoms with van der Waals surface area (Å²) in [7, 11) is 0. The van der Waals surface area contributed by atoms with Crippen LogP contribution in [0.3, 0.4) is 0 Å². The first-order valence-electron chi connectivity index (χ1n) is 4.03. The molecule has 0 aromatic rings. The van der Waals surface area contributed by atoms with Gasteiger partial charge < -0.3 is 4.74 Å². The van der Waals surface area contributed by atoms with Crippen molar-refractivity contribution in [3.8, 4) is 6.07 Å². The standard InChI is InChI=1S/C8H10N2O3/c1-2-13-8(12)10-4-6(3-9)7(11)5-10/h6H,2,4-5H2,1H3. The predicted molar refractivity (Wildman–Crippen MR) is 42.7 cm³/mol. The molecule has 1 unspecified atom stereocenters. The first-order chi connectivity index (χ1) is 6.19. The number of rotatable bonds is 1. The maximum atomic E-state index is 11.1. The molecule has 70 valence electrons. The van der Waals surface area contributed by atoms with Crippen molar-refractivity contribution in [3.05, 3.63) is 0 Å². The van der Waals surface area contributed by atoms with Gasteiger partial charge in [-0.05, 0) is 6.92 Å². The summed E-state index contributed by atoms with van der Waals surface area (Å²) in [5.41, 5.74) is 0. The number of Topliss-reactive ketones (excluding diaryl/α,β-unsaturated/α-hetero) is 1. The van der Waals surface area contributed by atoms with Gasteiger partial charge in [0.2, 0.25) is 0 Å². The second-order valence-corrected chi connectivity index (χ2v) is 2.73. The molecule has 13 heavy (non-hydrogen) atoms. The number of ether oxygens (including phenoxy) is 1. The van der Waals surface area contributed by atoms with E-state index in [1.807, 2.05) is 6.07 Å². The van der Waals surface area contributed by atoms with Crippen LogP contribution < -0.4 is 0 Å². The molecule has 1 atom stereocenters. The molecule has 0 saturated carbocycles. The molecule has 0 aliphatic carbocycles. The Morgan fingerprint density at radius 3 is 3.00 bits per heavy atom. The third-order valence-corrected chi connectivity index (χ3v) is 1.82. The van der Waals surface area contributed by atoms with Crippen LogP contribution in [0, 0.1) is 17.2 Å².